The van der Waals surface area contributed by atoms with Gasteiger partial charge in [0.2, 0.25) is 0 Å². The van der Waals surface area contributed by atoms with Gasteiger partial charge in [0.05, 0.1) is 17.2 Å². The van der Waals surface area contributed by atoms with Gasteiger partial charge in [-0.15, -0.1) is 0 Å². The first-order valence-corrected chi connectivity index (χ1v) is 7.51. The molecular formula is C17H15FN2O4. The van der Waals surface area contributed by atoms with Crippen molar-refractivity contribution in [1.29, 1.82) is 0 Å². The SMILES string of the molecule is CC[C@@H]1Oc2ccc([N+](=O)[O-])cc2N(Cc2ccccc2F)C1=O. The number of benzene rings is 2. The van der Waals surface area contributed by atoms with Crippen molar-refractivity contribution < 1.29 is 18.8 Å². The predicted octanol–water partition coefficient (Wildman–Crippen LogP) is 3.44. The molecule has 1 heterocycles. The minimum absolute atomic E-state index is 0.0144. The van der Waals surface area contributed by atoms with Crippen LogP contribution in [0.4, 0.5) is 15.8 Å². The van der Waals surface area contributed by atoms with Crippen molar-refractivity contribution in [1.82, 2.24) is 0 Å². The maximum atomic E-state index is 14.0. The Morgan fingerprint density at radius 3 is 2.71 bits per heavy atom. The summed E-state index contributed by atoms with van der Waals surface area (Å²) >= 11 is 0. The zero-order chi connectivity index (χ0) is 17.3. The van der Waals surface area contributed by atoms with E-state index in [1.165, 1.54) is 29.2 Å². The minimum Gasteiger partial charge on any atom is -0.478 e. The molecule has 0 bridgehead atoms. The van der Waals surface area contributed by atoms with Gasteiger partial charge in [0.25, 0.3) is 11.6 Å². The molecule has 1 aliphatic heterocycles. The third-order valence-corrected chi connectivity index (χ3v) is 3.91. The van der Waals surface area contributed by atoms with Crippen molar-refractivity contribution in [3.05, 3.63) is 64.0 Å². The van der Waals surface area contributed by atoms with Crippen LogP contribution < -0.4 is 9.64 Å². The molecule has 0 saturated heterocycles. The molecule has 1 aliphatic rings. The van der Waals surface area contributed by atoms with Crippen LogP contribution in [0, 0.1) is 15.9 Å². The van der Waals surface area contributed by atoms with Crippen molar-refractivity contribution >= 4 is 17.3 Å². The van der Waals surface area contributed by atoms with Crippen molar-refractivity contribution in [2.75, 3.05) is 4.90 Å². The Bertz CT molecular complexity index is 809. The number of carbonyl (C=O) groups excluding carboxylic acids is 1. The van der Waals surface area contributed by atoms with Gasteiger partial charge in [-0.2, -0.15) is 0 Å². The standard InChI is InChI=1S/C17H15FN2O4/c1-2-15-17(21)19(10-11-5-3-4-6-13(11)18)14-9-12(20(22)23)7-8-16(14)24-15/h3-9,15H,2,10H2,1H3/t15-/m0/s1. The molecule has 2 aromatic rings. The van der Waals surface area contributed by atoms with Crippen molar-refractivity contribution in [3.8, 4) is 5.75 Å². The zero-order valence-electron chi connectivity index (χ0n) is 12.9. The monoisotopic (exact) mass is 330 g/mol. The van der Waals surface area contributed by atoms with E-state index in [4.69, 9.17) is 4.74 Å². The van der Waals surface area contributed by atoms with E-state index in [-0.39, 0.29) is 23.8 Å². The van der Waals surface area contributed by atoms with E-state index in [1.54, 1.807) is 25.1 Å². The topological polar surface area (TPSA) is 72.7 Å². The highest BCUT2D eigenvalue weighted by Crippen LogP contribution is 2.38. The summed E-state index contributed by atoms with van der Waals surface area (Å²) in [5.74, 6) is -0.394. The lowest BCUT2D eigenvalue weighted by atomic mass is 10.1. The molecule has 24 heavy (non-hydrogen) atoms. The maximum absolute atomic E-state index is 14.0. The number of amides is 1. The van der Waals surface area contributed by atoms with Crippen LogP contribution in [0.25, 0.3) is 0 Å². The Kier molecular flexibility index (Phi) is 4.16. The number of rotatable bonds is 4. The van der Waals surface area contributed by atoms with E-state index >= 15 is 0 Å². The van der Waals surface area contributed by atoms with Crippen LogP contribution in [0.1, 0.15) is 18.9 Å². The average molecular weight is 330 g/mol. The fourth-order valence-electron chi connectivity index (χ4n) is 2.64. The van der Waals surface area contributed by atoms with Crippen LogP contribution >= 0.6 is 0 Å². The number of hydrogen-bond acceptors (Lipinski definition) is 4. The first-order chi connectivity index (χ1) is 11.5. The highest BCUT2D eigenvalue weighted by Gasteiger charge is 2.34. The summed E-state index contributed by atoms with van der Waals surface area (Å²) in [4.78, 5) is 24.4. The van der Waals surface area contributed by atoms with Gasteiger partial charge in [0.15, 0.2) is 6.10 Å². The summed E-state index contributed by atoms with van der Waals surface area (Å²) in [6.07, 6.45) is -0.242. The van der Waals surface area contributed by atoms with Crippen molar-refractivity contribution in [3.63, 3.8) is 0 Å². The summed E-state index contributed by atoms with van der Waals surface area (Å²) in [7, 11) is 0. The number of ether oxygens (including phenoxy) is 1. The Hall–Kier alpha value is -2.96. The predicted molar refractivity (Wildman–Crippen MR) is 85.4 cm³/mol. The smallest absolute Gasteiger partial charge is 0.271 e. The molecule has 0 saturated carbocycles. The summed E-state index contributed by atoms with van der Waals surface area (Å²) < 4.78 is 19.6. The van der Waals surface area contributed by atoms with Gasteiger partial charge >= 0.3 is 0 Å². The van der Waals surface area contributed by atoms with Gasteiger partial charge in [0.1, 0.15) is 11.6 Å². The first-order valence-electron chi connectivity index (χ1n) is 7.51. The number of nitro benzene ring substituents is 1. The number of fused-ring (bicyclic) bond motifs is 1. The van der Waals surface area contributed by atoms with E-state index in [0.29, 0.717) is 17.7 Å². The Morgan fingerprint density at radius 1 is 1.29 bits per heavy atom. The largest absolute Gasteiger partial charge is 0.478 e. The van der Waals surface area contributed by atoms with Gasteiger partial charge in [-0.05, 0) is 18.6 Å². The highest BCUT2D eigenvalue weighted by molar-refractivity contribution is 6.00. The molecule has 7 heteroatoms. The fourth-order valence-corrected chi connectivity index (χ4v) is 2.64. The zero-order valence-corrected chi connectivity index (χ0v) is 12.9. The first kappa shape index (κ1) is 15.9. The maximum Gasteiger partial charge on any atom is 0.271 e. The molecule has 0 aliphatic carbocycles. The van der Waals surface area contributed by atoms with Crippen LogP contribution in [-0.2, 0) is 11.3 Å². The van der Waals surface area contributed by atoms with E-state index in [0.717, 1.165) is 0 Å². The molecule has 1 atom stereocenters. The summed E-state index contributed by atoms with van der Waals surface area (Å²) in [5, 5.41) is 11.0. The number of nitrogens with zero attached hydrogens (tertiary/aromatic N) is 2. The Labute approximate surface area is 137 Å². The quantitative estimate of drug-likeness (QED) is 0.636. The second-order valence-electron chi connectivity index (χ2n) is 5.44. The number of hydrogen-bond donors (Lipinski definition) is 0. The molecule has 0 aromatic heterocycles. The van der Waals surface area contributed by atoms with Gasteiger partial charge in [0, 0.05) is 17.7 Å². The molecule has 2 aromatic carbocycles. The summed E-state index contributed by atoms with van der Waals surface area (Å²) in [5.41, 5.74) is 0.459. The summed E-state index contributed by atoms with van der Waals surface area (Å²) in [6, 6.07) is 10.2. The molecule has 0 unspecified atom stereocenters. The lowest BCUT2D eigenvalue weighted by molar-refractivity contribution is -0.384. The lowest BCUT2D eigenvalue weighted by Gasteiger charge is -2.34. The molecule has 0 spiro atoms. The fraction of sp³-hybridized carbons (Fsp3) is 0.235. The van der Waals surface area contributed by atoms with Crippen LogP contribution in [-0.4, -0.2) is 16.9 Å². The Morgan fingerprint density at radius 2 is 2.04 bits per heavy atom. The third-order valence-electron chi connectivity index (χ3n) is 3.91. The van der Waals surface area contributed by atoms with Gasteiger partial charge in [-0.25, -0.2) is 4.39 Å². The van der Waals surface area contributed by atoms with E-state index < -0.39 is 16.8 Å². The number of nitro groups is 1. The second-order valence-corrected chi connectivity index (χ2v) is 5.44. The minimum atomic E-state index is -0.689. The van der Waals surface area contributed by atoms with Crippen LogP contribution in [0.3, 0.4) is 0 Å². The number of halogens is 1. The van der Waals surface area contributed by atoms with Gasteiger partial charge < -0.3 is 9.64 Å². The van der Waals surface area contributed by atoms with Gasteiger partial charge in [-0.3, -0.25) is 14.9 Å². The molecule has 124 valence electrons. The number of non-ortho nitro benzene ring substituents is 1. The molecule has 0 radical (unpaired) electrons. The lowest BCUT2D eigenvalue weighted by Crippen LogP contribution is -2.45. The van der Waals surface area contributed by atoms with Crippen LogP contribution in [0.2, 0.25) is 0 Å². The molecule has 0 N–H and O–H groups in total. The molecular weight excluding hydrogens is 315 g/mol. The Balaban J connectivity index is 2.06. The van der Waals surface area contributed by atoms with E-state index in [9.17, 15) is 19.3 Å². The number of anilines is 1. The molecule has 1 amide bonds. The third kappa shape index (κ3) is 2.80. The normalized spacial score (nSPS) is 16.5. The van der Waals surface area contributed by atoms with Crippen LogP contribution in [0.15, 0.2) is 42.5 Å². The van der Waals surface area contributed by atoms with E-state index in [1.807, 2.05) is 0 Å². The molecule has 0 fully saturated rings. The van der Waals surface area contributed by atoms with Crippen molar-refractivity contribution in [2.45, 2.75) is 26.0 Å². The van der Waals surface area contributed by atoms with Gasteiger partial charge in [-0.1, -0.05) is 25.1 Å². The molecule has 6 nitrogen and oxygen atoms in total. The highest BCUT2D eigenvalue weighted by atomic mass is 19.1. The number of carbonyl (C=O) groups is 1. The average Bonchev–Trinajstić information content (AvgIpc) is 2.58. The molecule has 3 rings (SSSR count). The second kappa shape index (κ2) is 6.27. The van der Waals surface area contributed by atoms with Crippen LogP contribution in [0.5, 0.6) is 5.75 Å². The summed E-state index contributed by atoms with van der Waals surface area (Å²) in [6.45, 7) is 1.79. The van der Waals surface area contributed by atoms with E-state index in [2.05, 4.69) is 0 Å². The van der Waals surface area contributed by atoms with Crippen molar-refractivity contribution in [2.24, 2.45) is 0 Å².